The molecule has 0 fully saturated rings. The van der Waals surface area contributed by atoms with Crippen molar-refractivity contribution in [3.05, 3.63) is 40.4 Å². The lowest BCUT2D eigenvalue weighted by Gasteiger charge is -2.04. The molecule has 2 aromatic rings. The highest BCUT2D eigenvalue weighted by Crippen LogP contribution is 2.20. The van der Waals surface area contributed by atoms with E-state index in [0.29, 0.717) is 0 Å². The van der Waals surface area contributed by atoms with E-state index in [-0.39, 0.29) is 0 Å². The van der Waals surface area contributed by atoms with Crippen LogP contribution in [0, 0.1) is 6.92 Å². The molecule has 2 aromatic heterocycles. The molecule has 5 heteroatoms. The summed E-state index contributed by atoms with van der Waals surface area (Å²) in [5, 5.41) is 8.20. The summed E-state index contributed by atoms with van der Waals surface area (Å²) in [5.74, 6) is 0. The monoisotopic (exact) mass is 252 g/mol. The first-order valence-corrected chi connectivity index (χ1v) is 5.97. The van der Waals surface area contributed by atoms with Gasteiger partial charge in [0, 0.05) is 26.0 Å². The Kier molecular flexibility index (Phi) is 3.54. The van der Waals surface area contributed by atoms with Crippen molar-refractivity contribution < 1.29 is 0 Å². The zero-order valence-corrected chi connectivity index (χ0v) is 11.1. The van der Waals surface area contributed by atoms with Gasteiger partial charge in [-0.2, -0.15) is 5.10 Å². The number of aromatic nitrogens is 3. The van der Waals surface area contributed by atoms with Crippen LogP contribution in [0.4, 0.5) is 0 Å². The summed E-state index contributed by atoms with van der Waals surface area (Å²) < 4.78 is 3.96. The second-order valence-electron chi connectivity index (χ2n) is 4.19. The van der Waals surface area contributed by atoms with E-state index in [4.69, 9.17) is 11.6 Å². The quantitative estimate of drug-likeness (QED) is 0.903. The van der Waals surface area contributed by atoms with E-state index >= 15 is 0 Å². The molecule has 17 heavy (non-hydrogen) atoms. The first-order chi connectivity index (χ1) is 8.11. The summed E-state index contributed by atoms with van der Waals surface area (Å²) in [6, 6.07) is 2.10. The van der Waals surface area contributed by atoms with Crippen molar-refractivity contribution in [2.24, 2.45) is 7.05 Å². The van der Waals surface area contributed by atoms with Gasteiger partial charge in [-0.05, 0) is 25.6 Å². The Balaban J connectivity index is 2.19. The van der Waals surface area contributed by atoms with E-state index in [1.807, 2.05) is 25.7 Å². The molecule has 1 N–H and O–H groups in total. The van der Waals surface area contributed by atoms with Crippen LogP contribution in [0.15, 0.2) is 18.5 Å². The van der Waals surface area contributed by atoms with Crippen molar-refractivity contribution in [3.8, 4) is 0 Å². The van der Waals surface area contributed by atoms with Crippen LogP contribution in [0.2, 0.25) is 5.02 Å². The minimum Gasteiger partial charge on any atom is -0.348 e. The molecule has 0 unspecified atom stereocenters. The standard InChI is InChI=1S/C12H17ClN4/c1-9-12(13)11(16(3)15-9)8-17-5-4-10(7-17)6-14-2/h4-5,7,14H,6,8H2,1-3H3. The van der Waals surface area contributed by atoms with Crippen LogP contribution >= 0.6 is 11.6 Å². The number of halogens is 1. The summed E-state index contributed by atoms with van der Waals surface area (Å²) in [4.78, 5) is 0. The molecule has 92 valence electrons. The van der Waals surface area contributed by atoms with E-state index in [0.717, 1.165) is 29.5 Å². The van der Waals surface area contributed by atoms with Gasteiger partial charge in [0.05, 0.1) is 23.0 Å². The third kappa shape index (κ3) is 2.53. The minimum atomic E-state index is 0.750. The topological polar surface area (TPSA) is 34.8 Å². The Morgan fingerprint density at radius 2 is 2.24 bits per heavy atom. The molecule has 0 saturated carbocycles. The molecule has 0 aromatic carbocycles. The fourth-order valence-corrected chi connectivity index (χ4v) is 2.14. The zero-order chi connectivity index (χ0) is 12.4. The van der Waals surface area contributed by atoms with Crippen molar-refractivity contribution in [3.63, 3.8) is 0 Å². The van der Waals surface area contributed by atoms with Crippen LogP contribution in [0.3, 0.4) is 0 Å². The number of nitrogens with one attached hydrogen (secondary N) is 1. The second-order valence-corrected chi connectivity index (χ2v) is 4.57. The fourth-order valence-electron chi connectivity index (χ4n) is 1.92. The summed E-state index contributed by atoms with van der Waals surface area (Å²) in [5.41, 5.74) is 3.19. The molecular weight excluding hydrogens is 236 g/mol. The van der Waals surface area contributed by atoms with Crippen molar-refractivity contribution in [2.75, 3.05) is 7.05 Å². The fraction of sp³-hybridized carbons (Fsp3) is 0.417. The van der Waals surface area contributed by atoms with E-state index in [1.54, 1.807) is 0 Å². The molecule has 0 radical (unpaired) electrons. The van der Waals surface area contributed by atoms with Gasteiger partial charge in [-0.1, -0.05) is 11.6 Å². The average molecular weight is 253 g/mol. The predicted molar refractivity (Wildman–Crippen MR) is 69.3 cm³/mol. The van der Waals surface area contributed by atoms with Crippen LogP contribution in [0.1, 0.15) is 17.0 Å². The molecule has 4 nitrogen and oxygen atoms in total. The van der Waals surface area contributed by atoms with Gasteiger partial charge >= 0.3 is 0 Å². The van der Waals surface area contributed by atoms with Crippen molar-refractivity contribution >= 4 is 11.6 Å². The number of hydrogen-bond donors (Lipinski definition) is 1. The largest absolute Gasteiger partial charge is 0.348 e. The number of nitrogens with zero attached hydrogens (tertiary/aromatic N) is 3. The van der Waals surface area contributed by atoms with E-state index in [2.05, 4.69) is 33.4 Å². The highest BCUT2D eigenvalue weighted by Gasteiger charge is 2.11. The van der Waals surface area contributed by atoms with Crippen LogP contribution in [-0.2, 0) is 20.1 Å². The third-order valence-electron chi connectivity index (χ3n) is 2.79. The van der Waals surface area contributed by atoms with Crippen molar-refractivity contribution in [1.82, 2.24) is 19.7 Å². The van der Waals surface area contributed by atoms with Gasteiger partial charge in [-0.3, -0.25) is 4.68 Å². The van der Waals surface area contributed by atoms with Gasteiger partial charge < -0.3 is 9.88 Å². The summed E-state index contributed by atoms with van der Waals surface area (Å²) in [6.45, 7) is 3.55. The highest BCUT2D eigenvalue weighted by molar-refractivity contribution is 6.31. The van der Waals surface area contributed by atoms with Crippen LogP contribution in [0.25, 0.3) is 0 Å². The number of rotatable bonds is 4. The first kappa shape index (κ1) is 12.2. The highest BCUT2D eigenvalue weighted by atomic mass is 35.5. The maximum atomic E-state index is 6.22. The molecule has 0 aliphatic heterocycles. The van der Waals surface area contributed by atoms with Gasteiger partial charge in [-0.25, -0.2) is 0 Å². The van der Waals surface area contributed by atoms with E-state index in [9.17, 15) is 0 Å². The Bertz CT molecular complexity index is 513. The SMILES string of the molecule is CNCc1ccn(Cc2c(Cl)c(C)nn2C)c1. The molecule has 0 atom stereocenters. The Morgan fingerprint density at radius 3 is 2.82 bits per heavy atom. The molecule has 2 rings (SSSR count). The molecule has 2 heterocycles. The lowest BCUT2D eigenvalue weighted by atomic mass is 10.3. The molecule has 0 bridgehead atoms. The van der Waals surface area contributed by atoms with Gasteiger partial charge in [0.1, 0.15) is 0 Å². The maximum Gasteiger partial charge on any atom is 0.0865 e. The van der Waals surface area contributed by atoms with Crippen molar-refractivity contribution in [2.45, 2.75) is 20.0 Å². The van der Waals surface area contributed by atoms with E-state index < -0.39 is 0 Å². The Hall–Kier alpha value is -1.26. The van der Waals surface area contributed by atoms with Crippen LogP contribution in [-0.4, -0.2) is 21.4 Å². The Morgan fingerprint density at radius 1 is 1.47 bits per heavy atom. The molecule has 0 aliphatic carbocycles. The normalized spacial score (nSPS) is 11.1. The van der Waals surface area contributed by atoms with Gasteiger partial charge in [0.2, 0.25) is 0 Å². The van der Waals surface area contributed by atoms with Gasteiger partial charge in [-0.15, -0.1) is 0 Å². The maximum absolute atomic E-state index is 6.22. The average Bonchev–Trinajstić information content (AvgIpc) is 2.81. The van der Waals surface area contributed by atoms with Gasteiger partial charge in [0.25, 0.3) is 0 Å². The van der Waals surface area contributed by atoms with Gasteiger partial charge in [0.15, 0.2) is 0 Å². The summed E-state index contributed by atoms with van der Waals surface area (Å²) in [7, 11) is 3.87. The van der Waals surface area contributed by atoms with Crippen LogP contribution in [0.5, 0.6) is 0 Å². The number of aryl methyl sites for hydroxylation is 2. The first-order valence-electron chi connectivity index (χ1n) is 5.59. The molecule has 0 saturated heterocycles. The molecule has 0 spiro atoms. The smallest absolute Gasteiger partial charge is 0.0865 e. The van der Waals surface area contributed by atoms with Crippen molar-refractivity contribution in [1.29, 1.82) is 0 Å². The molecular formula is C12H17ClN4. The second kappa shape index (κ2) is 4.94. The van der Waals surface area contributed by atoms with E-state index in [1.165, 1.54) is 5.56 Å². The summed E-state index contributed by atoms with van der Waals surface area (Å²) in [6.07, 6.45) is 4.18. The zero-order valence-electron chi connectivity index (χ0n) is 10.4. The third-order valence-corrected chi connectivity index (χ3v) is 3.28. The molecule has 0 amide bonds. The summed E-state index contributed by atoms with van der Waals surface area (Å²) >= 11 is 6.22. The van der Waals surface area contributed by atoms with Crippen LogP contribution < -0.4 is 5.32 Å². The minimum absolute atomic E-state index is 0.750. The Labute approximate surface area is 106 Å². The predicted octanol–water partition coefficient (Wildman–Crippen LogP) is 1.95. The lowest BCUT2D eigenvalue weighted by molar-refractivity contribution is 0.663. The number of hydrogen-bond acceptors (Lipinski definition) is 2. The lowest BCUT2D eigenvalue weighted by Crippen LogP contribution is -2.06. The molecule has 0 aliphatic rings.